The van der Waals surface area contributed by atoms with Crippen molar-refractivity contribution >= 4 is 6.08 Å². The van der Waals surface area contributed by atoms with E-state index in [1.165, 1.54) is 11.1 Å². The number of nitrogens with one attached hydrogen (secondary N) is 1. The summed E-state index contributed by atoms with van der Waals surface area (Å²) in [6, 6.07) is 8.32. The molecule has 0 unspecified atom stereocenters. The second-order valence-corrected chi connectivity index (χ2v) is 3.49. The van der Waals surface area contributed by atoms with Crippen molar-refractivity contribution in [2.75, 3.05) is 20.2 Å². The van der Waals surface area contributed by atoms with Crippen LogP contribution in [0.15, 0.2) is 30.3 Å². The summed E-state index contributed by atoms with van der Waals surface area (Å²) in [6.45, 7) is 1.14. The third-order valence-corrected chi connectivity index (χ3v) is 2.28. The molecule has 0 aromatic heterocycles. The molecule has 0 fully saturated rings. The van der Waals surface area contributed by atoms with E-state index >= 15 is 0 Å². The van der Waals surface area contributed by atoms with Crippen LogP contribution in [0.5, 0.6) is 0 Å². The molecule has 2 nitrogen and oxygen atoms in total. The van der Waals surface area contributed by atoms with Crippen LogP contribution in [0.3, 0.4) is 0 Å². The molecular formula is C13H19NO. The molecule has 15 heavy (non-hydrogen) atoms. The quantitative estimate of drug-likeness (QED) is 0.742. The molecule has 1 rings (SSSR count). The number of aliphatic hydroxyl groups excluding tert-OH is 1. The Balaban J connectivity index is 2.67. The number of hydrogen-bond acceptors (Lipinski definition) is 2. The maximum absolute atomic E-state index is 8.80. The predicted molar refractivity (Wildman–Crippen MR) is 64.8 cm³/mol. The highest BCUT2D eigenvalue weighted by Gasteiger charge is 1.97. The van der Waals surface area contributed by atoms with Gasteiger partial charge in [0.2, 0.25) is 0 Å². The molecule has 0 spiro atoms. The Labute approximate surface area is 91.6 Å². The van der Waals surface area contributed by atoms with Gasteiger partial charge < -0.3 is 10.4 Å². The molecule has 0 saturated carbocycles. The molecule has 0 aliphatic carbocycles. The smallest absolute Gasteiger partial charge is 0.0434 e. The summed E-state index contributed by atoms with van der Waals surface area (Å²) in [5.41, 5.74) is 2.56. The van der Waals surface area contributed by atoms with Gasteiger partial charge in [0.15, 0.2) is 0 Å². The van der Waals surface area contributed by atoms with Crippen LogP contribution in [-0.4, -0.2) is 25.3 Å². The Kier molecular flexibility index (Phi) is 5.74. The topological polar surface area (TPSA) is 32.3 Å². The molecule has 0 saturated heterocycles. The third-order valence-electron chi connectivity index (χ3n) is 2.28. The number of aryl methyl sites for hydroxylation is 1. The molecule has 82 valence electrons. The van der Waals surface area contributed by atoms with Crippen LogP contribution in [0.1, 0.15) is 17.5 Å². The van der Waals surface area contributed by atoms with Crippen molar-refractivity contribution in [3.05, 3.63) is 41.5 Å². The molecule has 0 bridgehead atoms. The Bertz CT molecular complexity index is 307. The molecule has 0 atom stereocenters. The van der Waals surface area contributed by atoms with Crippen molar-refractivity contribution in [2.45, 2.75) is 12.8 Å². The fraction of sp³-hybridized carbons (Fsp3) is 0.385. The molecule has 0 amide bonds. The largest absolute Gasteiger partial charge is 0.396 e. The molecule has 2 heteroatoms. The maximum atomic E-state index is 8.80. The lowest BCUT2D eigenvalue weighted by molar-refractivity contribution is 0.288. The van der Waals surface area contributed by atoms with Gasteiger partial charge in [0.05, 0.1) is 0 Å². The SMILES string of the molecule is CNCC=Cc1ccccc1CCCO. The number of likely N-dealkylation sites (N-methyl/N-ethyl adjacent to an activating group) is 1. The zero-order valence-corrected chi connectivity index (χ0v) is 9.24. The Morgan fingerprint density at radius 2 is 2.13 bits per heavy atom. The average Bonchev–Trinajstić information content (AvgIpc) is 2.28. The van der Waals surface area contributed by atoms with Gasteiger partial charge in [-0.05, 0) is 31.0 Å². The van der Waals surface area contributed by atoms with E-state index in [-0.39, 0.29) is 6.61 Å². The monoisotopic (exact) mass is 205 g/mol. The summed E-state index contributed by atoms with van der Waals surface area (Å²) >= 11 is 0. The van der Waals surface area contributed by atoms with Gasteiger partial charge in [0.1, 0.15) is 0 Å². The number of hydrogen-bond donors (Lipinski definition) is 2. The summed E-state index contributed by atoms with van der Waals surface area (Å²) in [4.78, 5) is 0. The van der Waals surface area contributed by atoms with Crippen LogP contribution < -0.4 is 5.32 Å². The van der Waals surface area contributed by atoms with Gasteiger partial charge in [-0.3, -0.25) is 0 Å². The van der Waals surface area contributed by atoms with Crippen molar-refractivity contribution in [3.63, 3.8) is 0 Å². The molecule has 0 radical (unpaired) electrons. The van der Waals surface area contributed by atoms with Crippen molar-refractivity contribution in [1.82, 2.24) is 5.32 Å². The van der Waals surface area contributed by atoms with Crippen LogP contribution in [0.2, 0.25) is 0 Å². The number of benzene rings is 1. The van der Waals surface area contributed by atoms with Gasteiger partial charge in [-0.1, -0.05) is 36.4 Å². The highest BCUT2D eigenvalue weighted by molar-refractivity contribution is 5.53. The van der Waals surface area contributed by atoms with E-state index in [9.17, 15) is 0 Å². The van der Waals surface area contributed by atoms with E-state index in [1.54, 1.807) is 0 Å². The van der Waals surface area contributed by atoms with E-state index in [0.717, 1.165) is 19.4 Å². The second-order valence-electron chi connectivity index (χ2n) is 3.49. The number of rotatable bonds is 6. The molecule has 2 N–H and O–H groups in total. The minimum atomic E-state index is 0.258. The summed E-state index contributed by atoms with van der Waals surface area (Å²) in [7, 11) is 1.93. The molecule has 0 aliphatic rings. The first-order chi connectivity index (χ1) is 7.38. The van der Waals surface area contributed by atoms with E-state index in [2.05, 4.69) is 29.6 Å². The molecule has 1 aromatic rings. The van der Waals surface area contributed by atoms with Crippen molar-refractivity contribution < 1.29 is 5.11 Å². The van der Waals surface area contributed by atoms with E-state index in [1.807, 2.05) is 19.2 Å². The third kappa shape index (κ3) is 4.28. The Morgan fingerprint density at radius 1 is 1.33 bits per heavy atom. The van der Waals surface area contributed by atoms with E-state index < -0.39 is 0 Å². The Hall–Kier alpha value is -1.12. The average molecular weight is 205 g/mol. The maximum Gasteiger partial charge on any atom is 0.0434 e. The first-order valence-corrected chi connectivity index (χ1v) is 5.38. The minimum Gasteiger partial charge on any atom is -0.396 e. The van der Waals surface area contributed by atoms with Crippen molar-refractivity contribution in [3.8, 4) is 0 Å². The predicted octanol–water partition coefficient (Wildman–Crippen LogP) is 1.84. The normalized spacial score (nSPS) is 11.1. The first-order valence-electron chi connectivity index (χ1n) is 5.38. The van der Waals surface area contributed by atoms with Crippen LogP contribution in [0.25, 0.3) is 6.08 Å². The van der Waals surface area contributed by atoms with Crippen molar-refractivity contribution in [1.29, 1.82) is 0 Å². The van der Waals surface area contributed by atoms with Crippen LogP contribution in [-0.2, 0) is 6.42 Å². The van der Waals surface area contributed by atoms with Crippen LogP contribution in [0.4, 0.5) is 0 Å². The summed E-state index contributed by atoms with van der Waals surface area (Å²) in [5.74, 6) is 0. The van der Waals surface area contributed by atoms with Gasteiger partial charge >= 0.3 is 0 Å². The lowest BCUT2D eigenvalue weighted by Gasteiger charge is -2.04. The first kappa shape index (κ1) is 12.0. The Morgan fingerprint density at radius 3 is 2.87 bits per heavy atom. The van der Waals surface area contributed by atoms with Gasteiger partial charge in [-0.15, -0.1) is 0 Å². The lowest BCUT2D eigenvalue weighted by Crippen LogP contribution is -2.03. The number of aliphatic hydroxyl groups is 1. The van der Waals surface area contributed by atoms with Crippen molar-refractivity contribution in [2.24, 2.45) is 0 Å². The molecule has 1 aromatic carbocycles. The van der Waals surface area contributed by atoms with E-state index in [0.29, 0.717) is 0 Å². The van der Waals surface area contributed by atoms with Gasteiger partial charge in [-0.25, -0.2) is 0 Å². The van der Waals surface area contributed by atoms with Crippen LogP contribution >= 0.6 is 0 Å². The van der Waals surface area contributed by atoms with Gasteiger partial charge in [0.25, 0.3) is 0 Å². The summed E-state index contributed by atoms with van der Waals surface area (Å²) < 4.78 is 0. The standard InChI is InChI=1S/C13H19NO/c1-14-10-4-8-12-6-2-3-7-13(12)9-5-11-15/h2-4,6-8,14-15H,5,9-11H2,1H3. The molecular weight excluding hydrogens is 186 g/mol. The van der Waals surface area contributed by atoms with Crippen LogP contribution in [0, 0.1) is 0 Å². The highest BCUT2D eigenvalue weighted by atomic mass is 16.2. The summed E-state index contributed by atoms with van der Waals surface area (Å²) in [6.07, 6.45) is 6.01. The zero-order chi connectivity index (χ0) is 10.9. The van der Waals surface area contributed by atoms with Gasteiger partial charge in [0, 0.05) is 13.2 Å². The van der Waals surface area contributed by atoms with E-state index in [4.69, 9.17) is 5.11 Å². The molecule has 0 heterocycles. The minimum absolute atomic E-state index is 0.258. The molecule has 0 aliphatic heterocycles. The fourth-order valence-corrected chi connectivity index (χ4v) is 1.50. The fourth-order valence-electron chi connectivity index (χ4n) is 1.50. The van der Waals surface area contributed by atoms with Gasteiger partial charge in [-0.2, -0.15) is 0 Å². The lowest BCUT2D eigenvalue weighted by atomic mass is 10.0. The second kappa shape index (κ2) is 7.21. The highest BCUT2D eigenvalue weighted by Crippen LogP contribution is 2.12. The summed E-state index contributed by atoms with van der Waals surface area (Å²) in [5, 5.41) is 11.9. The zero-order valence-electron chi connectivity index (χ0n) is 9.24.